The van der Waals surface area contributed by atoms with Crippen molar-refractivity contribution in [3.8, 4) is 22.4 Å². The zero-order valence-corrected chi connectivity index (χ0v) is 36.2. The highest BCUT2D eigenvalue weighted by atomic mass is 32.1. The monoisotopic (exact) mass is 788 g/mol. The summed E-state index contributed by atoms with van der Waals surface area (Å²) in [7, 11) is 1.98. The van der Waals surface area contributed by atoms with Crippen LogP contribution in [0.15, 0.2) is 163 Å². The lowest BCUT2D eigenvalue weighted by atomic mass is 9.63. The number of thiophene rings is 1. The molecule has 0 saturated heterocycles. The SMILES string of the molecule is CCC1(CC)c2ccc3c(sc4ccccc43)c2-c2cc(-c3ccccc3)cc[n+]2C1c1ccccc1C(=NC)N(c1ccccc1)c1c(C(C)C)cccc1C(C)C. The van der Waals surface area contributed by atoms with Crippen molar-refractivity contribution < 1.29 is 4.57 Å². The number of benzene rings is 6. The van der Waals surface area contributed by atoms with E-state index in [0.717, 1.165) is 29.9 Å². The van der Waals surface area contributed by atoms with E-state index in [0.29, 0.717) is 11.8 Å². The molecule has 0 amide bonds. The van der Waals surface area contributed by atoms with Crippen LogP contribution in [0.5, 0.6) is 0 Å². The normalized spacial score (nSPS) is 14.9. The third-order valence-electron chi connectivity index (χ3n) is 13.0. The van der Waals surface area contributed by atoms with Crippen molar-refractivity contribution in [1.29, 1.82) is 0 Å². The highest BCUT2D eigenvalue weighted by molar-refractivity contribution is 7.26. The third kappa shape index (κ3) is 6.31. The van der Waals surface area contributed by atoms with Gasteiger partial charge in [0.15, 0.2) is 12.2 Å². The summed E-state index contributed by atoms with van der Waals surface area (Å²) in [6.07, 6.45) is 4.35. The van der Waals surface area contributed by atoms with E-state index in [1.807, 2.05) is 18.4 Å². The molecule has 3 heterocycles. The van der Waals surface area contributed by atoms with Gasteiger partial charge in [-0.25, -0.2) is 0 Å². The molecule has 0 saturated carbocycles. The summed E-state index contributed by atoms with van der Waals surface area (Å²) in [5.41, 5.74) is 13.7. The van der Waals surface area contributed by atoms with Crippen molar-refractivity contribution in [3.63, 3.8) is 0 Å². The van der Waals surface area contributed by atoms with E-state index in [1.54, 1.807) is 0 Å². The Morgan fingerprint density at radius 2 is 1.32 bits per heavy atom. The zero-order chi connectivity index (χ0) is 40.8. The first-order chi connectivity index (χ1) is 28.8. The van der Waals surface area contributed by atoms with Gasteiger partial charge in [-0.05, 0) is 70.7 Å². The topological polar surface area (TPSA) is 19.5 Å². The number of aliphatic imine (C=N–C) groups is 1. The van der Waals surface area contributed by atoms with E-state index >= 15 is 0 Å². The van der Waals surface area contributed by atoms with Crippen molar-refractivity contribution in [2.45, 2.75) is 77.7 Å². The Balaban J connectivity index is 1.35. The summed E-state index contributed by atoms with van der Waals surface area (Å²) in [5, 5.41) is 2.67. The molecule has 0 aliphatic carbocycles. The summed E-state index contributed by atoms with van der Waals surface area (Å²) in [5.74, 6) is 1.59. The Morgan fingerprint density at radius 1 is 0.678 bits per heavy atom. The molecule has 1 unspecified atom stereocenters. The number of nitrogens with zero attached hydrogens (tertiary/aromatic N) is 3. The summed E-state index contributed by atoms with van der Waals surface area (Å²) >= 11 is 1.94. The average molecular weight is 789 g/mol. The molecule has 8 aromatic rings. The van der Waals surface area contributed by atoms with Crippen molar-refractivity contribution in [3.05, 3.63) is 186 Å². The molecule has 3 nitrogen and oxygen atoms in total. The van der Waals surface area contributed by atoms with Crippen LogP contribution in [0, 0.1) is 0 Å². The van der Waals surface area contributed by atoms with Crippen LogP contribution in [0.3, 0.4) is 0 Å². The Labute approximate surface area is 354 Å². The molecule has 1 aliphatic rings. The first-order valence-corrected chi connectivity index (χ1v) is 22.2. The molecule has 0 bridgehead atoms. The van der Waals surface area contributed by atoms with Gasteiger partial charge in [0.05, 0.1) is 16.7 Å². The lowest BCUT2D eigenvalue weighted by Gasteiger charge is -2.42. The highest BCUT2D eigenvalue weighted by Crippen LogP contribution is 2.54. The van der Waals surface area contributed by atoms with Gasteiger partial charge in [-0.2, -0.15) is 4.57 Å². The maximum absolute atomic E-state index is 5.32. The Hall–Kier alpha value is -5.84. The number of fused-ring (bicyclic) bond motifs is 7. The van der Waals surface area contributed by atoms with Gasteiger partial charge in [0.2, 0.25) is 5.69 Å². The van der Waals surface area contributed by atoms with Crippen molar-refractivity contribution in [2.24, 2.45) is 4.99 Å². The molecule has 4 heteroatoms. The molecule has 1 atom stereocenters. The highest BCUT2D eigenvalue weighted by Gasteiger charge is 2.53. The minimum atomic E-state index is -0.211. The number of rotatable bonds is 9. The minimum Gasteiger partial charge on any atom is -0.294 e. The van der Waals surface area contributed by atoms with Gasteiger partial charge in [-0.15, -0.1) is 11.3 Å². The molecule has 0 N–H and O–H groups in total. The molecular weight excluding hydrogens is 735 g/mol. The third-order valence-corrected chi connectivity index (χ3v) is 14.2. The summed E-state index contributed by atoms with van der Waals surface area (Å²) in [6, 6.07) is 56.3. The van der Waals surface area contributed by atoms with Gasteiger partial charge in [-0.3, -0.25) is 9.89 Å². The largest absolute Gasteiger partial charge is 0.294 e. The number of amidine groups is 1. The standard InChI is InChI=1S/C55H54N3S/c1-8-55(9-2)47-32-31-44-43-25-18-19-30-49(43)59-52(44)50(47)48-35-39(38-21-12-10-13-22-38)33-34-57(48)53(55)45-26-16-17-27-46(45)54(56-7)58(40-23-14-11-15-24-40)51-41(36(3)4)28-20-29-42(51)37(5)6/h10-37,53H,8-9H2,1-7H3/q+1. The first-order valence-electron chi connectivity index (χ1n) is 21.4. The van der Waals surface area contributed by atoms with Gasteiger partial charge in [0, 0.05) is 56.2 Å². The smallest absolute Gasteiger partial charge is 0.215 e. The summed E-state index contributed by atoms with van der Waals surface area (Å²) in [4.78, 5) is 7.78. The van der Waals surface area contributed by atoms with Crippen LogP contribution in [-0.2, 0) is 5.41 Å². The van der Waals surface area contributed by atoms with Crippen LogP contribution in [0.25, 0.3) is 42.6 Å². The zero-order valence-electron chi connectivity index (χ0n) is 35.4. The Morgan fingerprint density at radius 3 is 2.00 bits per heavy atom. The maximum Gasteiger partial charge on any atom is 0.215 e. The second-order valence-electron chi connectivity index (χ2n) is 16.7. The fraction of sp³-hybridized carbons (Fsp3) is 0.236. The molecule has 294 valence electrons. The molecule has 0 radical (unpaired) electrons. The maximum atomic E-state index is 5.32. The number of hydrogen-bond acceptors (Lipinski definition) is 2. The van der Waals surface area contributed by atoms with Crippen molar-refractivity contribution in [1.82, 2.24) is 0 Å². The number of hydrogen-bond donors (Lipinski definition) is 0. The van der Waals surface area contributed by atoms with E-state index in [9.17, 15) is 0 Å². The predicted octanol–water partition coefficient (Wildman–Crippen LogP) is 14.8. The Kier molecular flexibility index (Phi) is 10.3. The van der Waals surface area contributed by atoms with E-state index in [-0.39, 0.29) is 11.5 Å². The fourth-order valence-corrected chi connectivity index (χ4v) is 11.3. The molecule has 0 fully saturated rings. The number of aromatic nitrogens is 1. The molecule has 2 aromatic heterocycles. The first kappa shape index (κ1) is 38.7. The number of pyridine rings is 1. The minimum absolute atomic E-state index is 0.00728. The summed E-state index contributed by atoms with van der Waals surface area (Å²) in [6.45, 7) is 14.0. The molecule has 1 aliphatic heterocycles. The van der Waals surface area contributed by atoms with Crippen LogP contribution in [0.1, 0.15) is 100 Å². The van der Waals surface area contributed by atoms with E-state index < -0.39 is 0 Å². The molecule has 6 aromatic carbocycles. The number of para-hydroxylation sites is 2. The van der Waals surface area contributed by atoms with Gasteiger partial charge in [0.25, 0.3) is 0 Å². The van der Waals surface area contributed by atoms with Gasteiger partial charge in [-0.1, -0.05) is 163 Å². The predicted molar refractivity (Wildman–Crippen MR) is 253 cm³/mol. The fourth-order valence-electron chi connectivity index (χ4n) is 10.1. The van der Waals surface area contributed by atoms with Crippen molar-refractivity contribution in [2.75, 3.05) is 11.9 Å². The summed E-state index contributed by atoms with van der Waals surface area (Å²) < 4.78 is 5.34. The van der Waals surface area contributed by atoms with Gasteiger partial charge in [0.1, 0.15) is 5.84 Å². The van der Waals surface area contributed by atoms with Crippen LogP contribution in [0.2, 0.25) is 0 Å². The lowest BCUT2D eigenvalue weighted by Crippen LogP contribution is -2.56. The van der Waals surface area contributed by atoms with E-state index in [1.165, 1.54) is 70.5 Å². The van der Waals surface area contributed by atoms with Crippen LogP contribution < -0.4 is 9.47 Å². The second kappa shape index (κ2) is 15.7. The quantitative estimate of drug-likeness (QED) is 0.0810. The molecule has 9 rings (SSSR count). The average Bonchev–Trinajstić information content (AvgIpc) is 3.67. The van der Waals surface area contributed by atoms with E-state index in [2.05, 4.69) is 209 Å². The van der Waals surface area contributed by atoms with Crippen LogP contribution >= 0.6 is 11.3 Å². The molecule has 59 heavy (non-hydrogen) atoms. The number of anilines is 2. The second-order valence-corrected chi connectivity index (χ2v) is 17.8. The Bertz CT molecular complexity index is 2800. The van der Waals surface area contributed by atoms with Crippen molar-refractivity contribution >= 4 is 48.7 Å². The van der Waals surface area contributed by atoms with Gasteiger partial charge < -0.3 is 0 Å². The van der Waals surface area contributed by atoms with E-state index in [4.69, 9.17) is 4.99 Å². The molecular formula is C55H54N3S+. The molecule has 0 spiro atoms. The van der Waals surface area contributed by atoms with Crippen LogP contribution in [-0.4, -0.2) is 12.9 Å². The van der Waals surface area contributed by atoms with Gasteiger partial charge >= 0.3 is 0 Å². The van der Waals surface area contributed by atoms with Crippen LogP contribution in [0.4, 0.5) is 11.4 Å². The lowest BCUT2D eigenvalue weighted by molar-refractivity contribution is -0.715.